The summed E-state index contributed by atoms with van der Waals surface area (Å²) >= 11 is 1.43. The highest BCUT2D eigenvalue weighted by Gasteiger charge is 2.12. The lowest BCUT2D eigenvalue weighted by molar-refractivity contribution is 0.610. The Bertz CT molecular complexity index is 353. The average molecular weight is 238 g/mol. The summed E-state index contributed by atoms with van der Waals surface area (Å²) < 4.78 is 4.28. The van der Waals surface area contributed by atoms with Gasteiger partial charge in [0.1, 0.15) is 5.82 Å². The molecule has 0 N–H and O–H groups in total. The Morgan fingerprint density at radius 3 is 2.75 bits per heavy atom. The van der Waals surface area contributed by atoms with Crippen LogP contribution in [-0.4, -0.2) is 22.4 Å². The minimum Gasteiger partial charge on any atom is -0.346 e. The molecule has 0 unspecified atom stereocenters. The van der Waals surface area contributed by atoms with Crippen LogP contribution in [0.3, 0.4) is 0 Å². The van der Waals surface area contributed by atoms with Gasteiger partial charge in [-0.15, -0.1) is 0 Å². The molecular formula is C11H18N4S. The second kappa shape index (κ2) is 6.44. The highest BCUT2D eigenvalue weighted by Crippen LogP contribution is 2.19. The molecule has 1 aromatic rings. The van der Waals surface area contributed by atoms with Crippen molar-refractivity contribution in [1.82, 2.24) is 9.36 Å². The van der Waals surface area contributed by atoms with Gasteiger partial charge < -0.3 is 4.90 Å². The smallest absolute Gasteiger partial charge is 0.205 e. The maximum atomic E-state index is 8.64. The van der Waals surface area contributed by atoms with Gasteiger partial charge in [-0.05, 0) is 5.92 Å². The van der Waals surface area contributed by atoms with Gasteiger partial charge in [-0.2, -0.15) is 9.64 Å². The van der Waals surface area contributed by atoms with Crippen LogP contribution in [-0.2, 0) is 6.42 Å². The molecule has 0 spiro atoms. The quantitative estimate of drug-likeness (QED) is 0.764. The van der Waals surface area contributed by atoms with E-state index >= 15 is 0 Å². The van der Waals surface area contributed by atoms with Crippen LogP contribution in [0, 0.1) is 17.2 Å². The van der Waals surface area contributed by atoms with Gasteiger partial charge in [-0.3, -0.25) is 0 Å². The molecule has 0 radical (unpaired) electrons. The van der Waals surface area contributed by atoms with Crippen LogP contribution < -0.4 is 4.90 Å². The zero-order valence-electron chi connectivity index (χ0n) is 10.1. The van der Waals surface area contributed by atoms with Crippen molar-refractivity contribution in [3.63, 3.8) is 0 Å². The van der Waals surface area contributed by atoms with Crippen molar-refractivity contribution in [2.45, 2.75) is 33.6 Å². The molecule has 0 saturated carbocycles. The van der Waals surface area contributed by atoms with E-state index in [1.807, 2.05) is 6.92 Å². The number of aromatic nitrogens is 2. The van der Waals surface area contributed by atoms with E-state index in [9.17, 15) is 0 Å². The Morgan fingerprint density at radius 1 is 1.50 bits per heavy atom. The minimum absolute atomic E-state index is 0.535. The third kappa shape index (κ3) is 3.78. The normalized spacial score (nSPS) is 10.4. The summed E-state index contributed by atoms with van der Waals surface area (Å²) in [4.78, 5) is 6.62. The highest BCUT2D eigenvalue weighted by molar-refractivity contribution is 7.09. The predicted molar refractivity (Wildman–Crippen MR) is 66.6 cm³/mol. The number of hydrogen-bond donors (Lipinski definition) is 0. The zero-order chi connectivity index (χ0) is 12.0. The Hall–Kier alpha value is -1.15. The van der Waals surface area contributed by atoms with Crippen molar-refractivity contribution in [2.75, 3.05) is 18.0 Å². The van der Waals surface area contributed by atoms with E-state index in [4.69, 9.17) is 5.26 Å². The molecule has 16 heavy (non-hydrogen) atoms. The van der Waals surface area contributed by atoms with Gasteiger partial charge in [0.25, 0.3) is 0 Å². The molecule has 0 aliphatic heterocycles. The maximum Gasteiger partial charge on any atom is 0.205 e. The van der Waals surface area contributed by atoms with Crippen molar-refractivity contribution in [3.05, 3.63) is 5.82 Å². The van der Waals surface area contributed by atoms with Gasteiger partial charge in [0.2, 0.25) is 5.13 Å². The van der Waals surface area contributed by atoms with Crippen LogP contribution >= 0.6 is 11.5 Å². The van der Waals surface area contributed by atoms with Crippen molar-refractivity contribution in [3.8, 4) is 6.07 Å². The van der Waals surface area contributed by atoms with Crippen LogP contribution in [0.15, 0.2) is 0 Å². The topological polar surface area (TPSA) is 52.8 Å². The summed E-state index contributed by atoms with van der Waals surface area (Å²) in [5, 5.41) is 9.58. The van der Waals surface area contributed by atoms with Gasteiger partial charge >= 0.3 is 0 Å². The summed E-state index contributed by atoms with van der Waals surface area (Å²) in [7, 11) is 0. The molecule has 0 aliphatic rings. The molecule has 0 fully saturated rings. The summed E-state index contributed by atoms with van der Waals surface area (Å²) in [5.74, 6) is 1.46. The van der Waals surface area contributed by atoms with Crippen LogP contribution in [0.5, 0.6) is 0 Å². The lowest BCUT2D eigenvalue weighted by atomic mass is 10.2. The van der Waals surface area contributed by atoms with E-state index in [0.29, 0.717) is 12.3 Å². The Balaban J connectivity index is 2.70. The van der Waals surface area contributed by atoms with E-state index in [0.717, 1.165) is 30.5 Å². The molecule has 0 saturated heterocycles. The fourth-order valence-electron chi connectivity index (χ4n) is 1.41. The van der Waals surface area contributed by atoms with E-state index < -0.39 is 0 Å². The molecule has 5 heteroatoms. The lowest BCUT2D eigenvalue weighted by Crippen LogP contribution is -2.28. The molecule has 1 heterocycles. The second-order valence-electron chi connectivity index (χ2n) is 4.09. The number of hydrogen-bond acceptors (Lipinski definition) is 5. The summed E-state index contributed by atoms with van der Waals surface area (Å²) in [5.41, 5.74) is 0. The number of anilines is 1. The van der Waals surface area contributed by atoms with Gasteiger partial charge in [-0.1, -0.05) is 20.8 Å². The first kappa shape index (κ1) is 12.9. The number of aryl methyl sites for hydroxylation is 1. The van der Waals surface area contributed by atoms with E-state index in [2.05, 4.69) is 34.2 Å². The van der Waals surface area contributed by atoms with Gasteiger partial charge in [0.05, 0.1) is 12.5 Å². The van der Waals surface area contributed by atoms with Crippen LogP contribution in [0.1, 0.15) is 33.0 Å². The lowest BCUT2D eigenvalue weighted by Gasteiger charge is -2.21. The van der Waals surface area contributed by atoms with E-state index in [1.165, 1.54) is 11.5 Å². The molecule has 0 amide bonds. The molecule has 4 nitrogen and oxygen atoms in total. The standard InChI is InChI=1S/C11H18N4S/c1-4-10-13-11(16-14-10)15(7-5-6-12)8-9(2)3/h9H,4-5,7-8H2,1-3H3. The fraction of sp³-hybridized carbons (Fsp3) is 0.727. The van der Waals surface area contributed by atoms with Crippen molar-refractivity contribution >= 4 is 16.7 Å². The molecule has 0 aromatic carbocycles. The molecule has 88 valence electrons. The fourth-order valence-corrected chi connectivity index (χ4v) is 2.19. The molecular weight excluding hydrogens is 220 g/mol. The highest BCUT2D eigenvalue weighted by atomic mass is 32.1. The zero-order valence-corrected chi connectivity index (χ0v) is 10.9. The van der Waals surface area contributed by atoms with Crippen molar-refractivity contribution < 1.29 is 0 Å². The monoisotopic (exact) mass is 238 g/mol. The first-order valence-electron chi connectivity index (χ1n) is 5.61. The summed E-state index contributed by atoms with van der Waals surface area (Å²) in [6.45, 7) is 8.06. The molecule has 0 bridgehead atoms. The van der Waals surface area contributed by atoms with Gasteiger partial charge in [-0.25, -0.2) is 4.98 Å². The first-order valence-corrected chi connectivity index (χ1v) is 6.39. The Morgan fingerprint density at radius 2 is 2.25 bits per heavy atom. The second-order valence-corrected chi connectivity index (χ2v) is 4.83. The molecule has 0 aliphatic carbocycles. The Labute approximate surface area is 101 Å². The molecule has 1 rings (SSSR count). The summed E-state index contributed by atoms with van der Waals surface area (Å²) in [6, 6.07) is 2.18. The SMILES string of the molecule is CCc1nsc(N(CCC#N)CC(C)C)n1. The van der Waals surface area contributed by atoms with Gasteiger partial charge in [0.15, 0.2) is 0 Å². The average Bonchev–Trinajstić information content (AvgIpc) is 2.72. The van der Waals surface area contributed by atoms with E-state index in [-0.39, 0.29) is 0 Å². The Kier molecular flexibility index (Phi) is 5.20. The largest absolute Gasteiger partial charge is 0.346 e. The molecule has 1 aromatic heterocycles. The first-order chi connectivity index (χ1) is 7.67. The van der Waals surface area contributed by atoms with Crippen molar-refractivity contribution in [1.29, 1.82) is 5.26 Å². The van der Waals surface area contributed by atoms with E-state index in [1.54, 1.807) is 0 Å². The van der Waals surface area contributed by atoms with Gasteiger partial charge in [0, 0.05) is 31.0 Å². The third-order valence-electron chi connectivity index (χ3n) is 2.12. The van der Waals surface area contributed by atoms with Crippen molar-refractivity contribution in [2.24, 2.45) is 5.92 Å². The number of rotatable bonds is 6. The number of nitrogens with zero attached hydrogens (tertiary/aromatic N) is 4. The number of nitriles is 1. The summed E-state index contributed by atoms with van der Waals surface area (Å²) in [6.07, 6.45) is 1.40. The third-order valence-corrected chi connectivity index (χ3v) is 2.94. The van der Waals surface area contributed by atoms with Crippen LogP contribution in [0.4, 0.5) is 5.13 Å². The van der Waals surface area contributed by atoms with Crippen LogP contribution in [0.25, 0.3) is 0 Å². The molecule has 0 atom stereocenters. The van der Waals surface area contributed by atoms with Crippen LogP contribution in [0.2, 0.25) is 0 Å². The maximum absolute atomic E-state index is 8.64. The predicted octanol–water partition coefficient (Wildman–Crippen LogP) is 2.48. The minimum atomic E-state index is 0.535.